The summed E-state index contributed by atoms with van der Waals surface area (Å²) in [5.41, 5.74) is 0.449. The summed E-state index contributed by atoms with van der Waals surface area (Å²) in [6.07, 6.45) is 10.6. The third-order valence-electron chi connectivity index (χ3n) is 4.72. The van der Waals surface area contributed by atoms with Crippen LogP contribution in [0.15, 0.2) is 6.20 Å². The quantitative estimate of drug-likeness (QED) is 0.881. The number of piperidine rings is 1. The fourth-order valence-corrected chi connectivity index (χ4v) is 4.21. The molecule has 1 saturated heterocycles. The molecule has 1 aliphatic carbocycles. The van der Waals surface area contributed by atoms with Gasteiger partial charge in [-0.15, -0.1) is 5.10 Å². The van der Waals surface area contributed by atoms with Gasteiger partial charge in [0.2, 0.25) is 0 Å². The van der Waals surface area contributed by atoms with E-state index >= 15 is 0 Å². The van der Waals surface area contributed by atoms with Crippen molar-refractivity contribution in [3.8, 4) is 0 Å². The maximum atomic E-state index is 12.4. The molecule has 1 aromatic rings. The number of aromatic nitrogens is 3. The van der Waals surface area contributed by atoms with Gasteiger partial charge in [0, 0.05) is 11.3 Å². The monoisotopic (exact) mass is 323 g/mol. The lowest BCUT2D eigenvalue weighted by atomic mass is 9.95. The zero-order chi connectivity index (χ0) is 15.4. The van der Waals surface area contributed by atoms with Crippen LogP contribution in [-0.4, -0.2) is 51.5 Å². The summed E-state index contributed by atoms with van der Waals surface area (Å²) in [5.74, 6) is -0.0769. The Morgan fingerprint density at radius 2 is 2.18 bits per heavy atom. The highest BCUT2D eigenvalue weighted by Crippen LogP contribution is 2.27. The molecule has 6 nitrogen and oxygen atoms in total. The summed E-state index contributed by atoms with van der Waals surface area (Å²) in [5, 5.41) is 15.4. The molecule has 122 valence electrons. The van der Waals surface area contributed by atoms with Crippen LogP contribution in [-0.2, 0) is 0 Å². The standard InChI is InChI=1S/C15H25N5OS/c1-22-13-4-2-3-11(9-13)17-15(21)14-10-20(19-18-14)12-5-7-16-8-6-12/h10-13,16H,2-9H2,1H3,(H,17,21). The van der Waals surface area contributed by atoms with Crippen LogP contribution < -0.4 is 10.6 Å². The first-order chi connectivity index (χ1) is 10.8. The molecule has 2 heterocycles. The van der Waals surface area contributed by atoms with E-state index < -0.39 is 0 Å². The fraction of sp³-hybridized carbons (Fsp3) is 0.800. The van der Waals surface area contributed by atoms with E-state index in [1.165, 1.54) is 12.8 Å². The van der Waals surface area contributed by atoms with Gasteiger partial charge in [-0.1, -0.05) is 11.6 Å². The van der Waals surface area contributed by atoms with Gasteiger partial charge in [0.05, 0.1) is 12.2 Å². The lowest BCUT2D eigenvalue weighted by Gasteiger charge is -2.28. The van der Waals surface area contributed by atoms with Crippen molar-refractivity contribution in [3.05, 3.63) is 11.9 Å². The molecule has 2 unspecified atom stereocenters. The van der Waals surface area contributed by atoms with Crippen LogP contribution >= 0.6 is 11.8 Å². The Balaban J connectivity index is 1.57. The Kier molecular flexibility index (Phi) is 5.36. The third kappa shape index (κ3) is 3.81. The molecule has 0 radical (unpaired) electrons. The number of thioether (sulfide) groups is 1. The summed E-state index contributed by atoms with van der Waals surface area (Å²) < 4.78 is 1.86. The van der Waals surface area contributed by atoms with E-state index in [9.17, 15) is 4.79 Å². The van der Waals surface area contributed by atoms with E-state index in [2.05, 4.69) is 27.2 Å². The van der Waals surface area contributed by atoms with E-state index in [-0.39, 0.29) is 11.9 Å². The second-order valence-corrected chi connectivity index (χ2v) is 7.40. The molecular formula is C15H25N5OS. The summed E-state index contributed by atoms with van der Waals surface area (Å²) in [4.78, 5) is 12.4. The summed E-state index contributed by atoms with van der Waals surface area (Å²) in [6.45, 7) is 2.01. The molecule has 2 aliphatic rings. The average molecular weight is 323 g/mol. The van der Waals surface area contributed by atoms with Crippen molar-refractivity contribution in [1.29, 1.82) is 0 Å². The van der Waals surface area contributed by atoms with Gasteiger partial charge >= 0.3 is 0 Å². The molecule has 22 heavy (non-hydrogen) atoms. The van der Waals surface area contributed by atoms with Crippen LogP contribution in [0.1, 0.15) is 55.1 Å². The molecule has 2 fully saturated rings. The minimum atomic E-state index is -0.0769. The van der Waals surface area contributed by atoms with Crippen LogP contribution in [0.25, 0.3) is 0 Å². The highest BCUT2D eigenvalue weighted by atomic mass is 32.2. The molecule has 0 bridgehead atoms. The molecule has 1 aromatic heterocycles. The molecule has 2 N–H and O–H groups in total. The topological polar surface area (TPSA) is 71.8 Å². The number of hydrogen-bond acceptors (Lipinski definition) is 5. The van der Waals surface area contributed by atoms with Crippen LogP contribution in [0.3, 0.4) is 0 Å². The molecule has 0 aromatic carbocycles. The summed E-state index contributed by atoms with van der Waals surface area (Å²) in [6, 6.07) is 0.647. The van der Waals surface area contributed by atoms with Crippen molar-refractivity contribution in [2.45, 2.75) is 55.9 Å². The number of hydrogen-bond donors (Lipinski definition) is 2. The van der Waals surface area contributed by atoms with Crippen molar-refractivity contribution in [3.63, 3.8) is 0 Å². The highest BCUT2D eigenvalue weighted by Gasteiger charge is 2.24. The smallest absolute Gasteiger partial charge is 0.273 e. The molecule has 1 saturated carbocycles. The maximum Gasteiger partial charge on any atom is 0.273 e. The minimum Gasteiger partial charge on any atom is -0.348 e. The largest absolute Gasteiger partial charge is 0.348 e. The van der Waals surface area contributed by atoms with E-state index in [0.717, 1.165) is 38.8 Å². The van der Waals surface area contributed by atoms with Gasteiger partial charge in [0.15, 0.2) is 5.69 Å². The van der Waals surface area contributed by atoms with Gasteiger partial charge in [-0.25, -0.2) is 4.68 Å². The SMILES string of the molecule is CSC1CCCC(NC(=O)c2cn(C3CCNCC3)nn2)C1. The number of nitrogens with one attached hydrogen (secondary N) is 2. The Morgan fingerprint density at radius 3 is 2.95 bits per heavy atom. The first kappa shape index (κ1) is 15.8. The first-order valence-corrected chi connectivity index (χ1v) is 9.51. The Labute approximate surface area is 135 Å². The average Bonchev–Trinajstić information content (AvgIpc) is 3.06. The molecule has 1 aliphatic heterocycles. The van der Waals surface area contributed by atoms with Gasteiger partial charge in [-0.2, -0.15) is 11.8 Å². The van der Waals surface area contributed by atoms with Crippen LogP contribution in [0, 0.1) is 0 Å². The van der Waals surface area contributed by atoms with Crippen LogP contribution in [0.2, 0.25) is 0 Å². The van der Waals surface area contributed by atoms with Crippen LogP contribution in [0.4, 0.5) is 0 Å². The predicted octanol–water partition coefficient (Wildman–Crippen LogP) is 1.61. The fourth-order valence-electron chi connectivity index (χ4n) is 3.38. The van der Waals surface area contributed by atoms with E-state index in [1.54, 1.807) is 6.20 Å². The van der Waals surface area contributed by atoms with Gasteiger partial charge in [-0.3, -0.25) is 4.79 Å². The molecule has 2 atom stereocenters. The molecular weight excluding hydrogens is 298 g/mol. The van der Waals surface area contributed by atoms with Crippen molar-refractivity contribution in [2.75, 3.05) is 19.3 Å². The van der Waals surface area contributed by atoms with E-state index in [4.69, 9.17) is 0 Å². The van der Waals surface area contributed by atoms with Gasteiger partial charge in [0.25, 0.3) is 5.91 Å². The summed E-state index contributed by atoms with van der Waals surface area (Å²) in [7, 11) is 0. The zero-order valence-corrected chi connectivity index (χ0v) is 13.9. The lowest BCUT2D eigenvalue weighted by molar-refractivity contribution is 0.0923. The Morgan fingerprint density at radius 1 is 1.36 bits per heavy atom. The van der Waals surface area contributed by atoms with Crippen molar-refractivity contribution in [1.82, 2.24) is 25.6 Å². The molecule has 3 rings (SSSR count). The lowest BCUT2D eigenvalue weighted by Crippen LogP contribution is -2.39. The number of carbonyl (C=O) groups is 1. The third-order valence-corrected chi connectivity index (χ3v) is 5.82. The van der Waals surface area contributed by atoms with Crippen molar-refractivity contribution in [2.24, 2.45) is 0 Å². The first-order valence-electron chi connectivity index (χ1n) is 8.22. The zero-order valence-electron chi connectivity index (χ0n) is 13.1. The minimum absolute atomic E-state index is 0.0769. The Hall–Kier alpha value is -1.08. The second-order valence-electron chi connectivity index (χ2n) is 6.26. The number of carbonyl (C=O) groups excluding carboxylic acids is 1. The van der Waals surface area contributed by atoms with E-state index in [0.29, 0.717) is 17.0 Å². The highest BCUT2D eigenvalue weighted by molar-refractivity contribution is 7.99. The van der Waals surface area contributed by atoms with Crippen molar-refractivity contribution >= 4 is 17.7 Å². The number of rotatable bonds is 4. The van der Waals surface area contributed by atoms with E-state index in [1.807, 2.05) is 16.4 Å². The van der Waals surface area contributed by atoms with Gasteiger partial charge < -0.3 is 10.6 Å². The molecule has 1 amide bonds. The number of amides is 1. The molecule has 7 heteroatoms. The van der Waals surface area contributed by atoms with Gasteiger partial charge in [0.1, 0.15) is 0 Å². The van der Waals surface area contributed by atoms with Crippen LogP contribution in [0.5, 0.6) is 0 Å². The predicted molar refractivity (Wildman–Crippen MR) is 88.2 cm³/mol. The molecule has 0 spiro atoms. The second kappa shape index (κ2) is 7.46. The maximum absolute atomic E-state index is 12.4. The van der Waals surface area contributed by atoms with Gasteiger partial charge in [-0.05, 0) is 51.4 Å². The normalized spacial score (nSPS) is 26.8. The Bertz CT molecular complexity index is 500. The number of nitrogens with zero attached hydrogens (tertiary/aromatic N) is 3. The summed E-state index contributed by atoms with van der Waals surface area (Å²) >= 11 is 1.91. The van der Waals surface area contributed by atoms with Crippen molar-refractivity contribution < 1.29 is 4.79 Å².